The lowest BCUT2D eigenvalue weighted by molar-refractivity contribution is -0.161. The zero-order valence-corrected chi connectivity index (χ0v) is 69.1. The lowest BCUT2D eigenvalue weighted by Gasteiger charge is -2.21. The van der Waals surface area contributed by atoms with Gasteiger partial charge in [0, 0.05) is 19.3 Å². The van der Waals surface area contributed by atoms with Crippen LogP contribution in [0.5, 0.6) is 0 Å². The molecule has 0 aromatic rings. The molecule has 5 unspecified atom stereocenters. The molecule has 0 saturated carbocycles. The number of aliphatic hydroxyl groups is 2. The summed E-state index contributed by atoms with van der Waals surface area (Å²) in [5, 5.41) is 20.7. The number of ether oxygens (including phenoxy) is 3. The fraction of sp³-hybridized carbons (Fsp3) is 0.697. The van der Waals surface area contributed by atoms with Gasteiger partial charge in [-0.25, -0.2) is 9.13 Å². The molecule has 0 bridgehead atoms. The molecular formula is C89H152O16P2. The van der Waals surface area contributed by atoms with Crippen molar-refractivity contribution in [2.24, 2.45) is 0 Å². The van der Waals surface area contributed by atoms with Gasteiger partial charge in [0.25, 0.3) is 0 Å². The molecular weight excluding hydrogens is 1390 g/mol. The lowest BCUT2D eigenvalue weighted by Crippen LogP contribution is -2.30. The fourth-order valence-corrected chi connectivity index (χ4v) is 12.7. The first-order valence-electron chi connectivity index (χ1n) is 42.1. The zero-order valence-electron chi connectivity index (χ0n) is 67.3. The number of hydrogen-bond donors (Lipinski definition) is 4. The molecule has 0 amide bonds. The van der Waals surface area contributed by atoms with E-state index in [9.17, 15) is 43.5 Å². The quantitative estimate of drug-likeness (QED) is 0.0146. The second-order valence-electron chi connectivity index (χ2n) is 27.9. The number of esters is 3. The van der Waals surface area contributed by atoms with E-state index in [0.717, 1.165) is 173 Å². The van der Waals surface area contributed by atoms with E-state index >= 15 is 0 Å². The van der Waals surface area contributed by atoms with Crippen molar-refractivity contribution in [2.75, 3.05) is 39.6 Å². The number of carbonyl (C=O) groups excluding carboxylic acids is 3. The highest BCUT2D eigenvalue weighted by Crippen LogP contribution is 2.45. The van der Waals surface area contributed by atoms with Gasteiger partial charge in [0.15, 0.2) is 6.10 Å². The highest BCUT2D eigenvalue weighted by atomic mass is 31.2. The number of carbonyl (C=O) groups is 3. The Balaban J connectivity index is 4.49. The standard InChI is InChI=1S/C89H152O16P2/c1-4-7-10-13-16-19-22-25-27-29-31-33-35-37-39-41-43-45-47-49-51-53-55-58-60-63-66-69-72-75-87(92)99-78-84(90)79-101-106(95,96)102-80-85(91)81-103-107(97,98)104-83-86(105-89(94)77-74-71-68-65-62-57-24-21-18-15-12-9-6-3)82-100-88(93)76-73-70-67-64-61-59-56-54-52-50-48-46-44-42-40-38-36-34-32-30-28-26-23-20-17-14-11-8-5-2/h7,10,12,15-17,19-21,24-28,31-34,37-40,43,45,84-86,90-91H,4-6,8-9,11,13-14,18,22-23,29-30,35-36,41-42,44,46-83H2,1-3H3,(H,95,96)(H,97,98)/b10-7-,15-12-,19-16-,20-17-,24-21-,27-25-,28-26-,33-31-,34-32-,39-37-,40-38-,45-43-. The van der Waals surface area contributed by atoms with Crippen molar-refractivity contribution in [2.45, 2.75) is 360 Å². The molecule has 0 rings (SSSR count). The van der Waals surface area contributed by atoms with Crippen molar-refractivity contribution in [1.82, 2.24) is 0 Å². The minimum atomic E-state index is -4.94. The number of hydrogen-bond acceptors (Lipinski definition) is 14. The third-order valence-electron chi connectivity index (χ3n) is 17.5. The predicted molar refractivity (Wildman–Crippen MR) is 445 cm³/mol. The van der Waals surface area contributed by atoms with Gasteiger partial charge in [-0.3, -0.25) is 32.5 Å². The van der Waals surface area contributed by atoms with Crippen LogP contribution in [0.25, 0.3) is 0 Å². The number of aliphatic hydroxyl groups excluding tert-OH is 2. The summed E-state index contributed by atoms with van der Waals surface area (Å²) in [6, 6.07) is 0. The van der Waals surface area contributed by atoms with Gasteiger partial charge < -0.3 is 34.2 Å². The number of phosphoric acid groups is 2. The Hall–Kier alpha value is -4.57. The van der Waals surface area contributed by atoms with Crippen LogP contribution in [0, 0.1) is 0 Å². The summed E-state index contributed by atoms with van der Waals surface area (Å²) < 4.78 is 61.2. The highest BCUT2D eigenvalue weighted by molar-refractivity contribution is 7.47. The monoisotopic (exact) mass is 1540 g/mol. The average Bonchev–Trinajstić information content (AvgIpc) is 0.909. The predicted octanol–water partition coefficient (Wildman–Crippen LogP) is 25.2. The highest BCUT2D eigenvalue weighted by Gasteiger charge is 2.29. The van der Waals surface area contributed by atoms with Crippen molar-refractivity contribution in [3.05, 3.63) is 146 Å². The summed E-state index contributed by atoms with van der Waals surface area (Å²) in [5.41, 5.74) is 0. The fourth-order valence-electron chi connectivity index (χ4n) is 11.1. The molecule has 0 fully saturated rings. The van der Waals surface area contributed by atoms with Crippen molar-refractivity contribution in [1.29, 1.82) is 0 Å². The SMILES string of the molecule is CC/C=C\C/C=C\C/C=C\C/C=C\C/C=C\C/C=C\CCCCCCCCCCCCC(=O)OCC(O)COP(=O)(O)OCC(O)COP(=O)(O)OCC(COC(=O)CCCCCCCCCCCCCCC/C=C\C/C=C\C/C=C\C/C=C\CCCCC)OC(=O)CCCCCCC/C=C\C/C=C\CCC. The Bertz CT molecular complexity index is 2530. The van der Waals surface area contributed by atoms with Crippen LogP contribution in [0.4, 0.5) is 0 Å². The normalized spacial score (nSPS) is 14.6. The van der Waals surface area contributed by atoms with E-state index in [1.807, 2.05) is 0 Å². The van der Waals surface area contributed by atoms with Crippen LogP contribution in [0.3, 0.4) is 0 Å². The van der Waals surface area contributed by atoms with E-state index in [4.69, 9.17) is 32.3 Å². The molecule has 0 saturated heterocycles. The van der Waals surface area contributed by atoms with Gasteiger partial charge >= 0.3 is 33.6 Å². The van der Waals surface area contributed by atoms with Crippen LogP contribution in [0.1, 0.15) is 342 Å². The molecule has 614 valence electrons. The maximum Gasteiger partial charge on any atom is 0.472 e. The topological polar surface area (TPSA) is 231 Å². The average molecular weight is 1540 g/mol. The molecule has 18 heteroatoms. The summed E-state index contributed by atoms with van der Waals surface area (Å²) in [4.78, 5) is 58.7. The molecule has 5 atom stereocenters. The zero-order chi connectivity index (χ0) is 78.0. The molecule has 0 aliphatic carbocycles. The van der Waals surface area contributed by atoms with Crippen molar-refractivity contribution in [3.63, 3.8) is 0 Å². The van der Waals surface area contributed by atoms with E-state index in [1.54, 1.807) is 0 Å². The summed E-state index contributed by atoms with van der Waals surface area (Å²) in [6.45, 7) is 2.47. The number of rotatable bonds is 79. The van der Waals surface area contributed by atoms with E-state index in [1.165, 1.54) is 109 Å². The maximum atomic E-state index is 13.0. The van der Waals surface area contributed by atoms with E-state index in [2.05, 4.69) is 167 Å². The molecule has 0 aliphatic heterocycles. The summed E-state index contributed by atoms with van der Waals surface area (Å²) in [6.07, 6.45) is 100. The van der Waals surface area contributed by atoms with Crippen LogP contribution in [0.15, 0.2) is 146 Å². The molecule has 107 heavy (non-hydrogen) atoms. The van der Waals surface area contributed by atoms with Gasteiger partial charge in [0.1, 0.15) is 25.4 Å². The first-order chi connectivity index (χ1) is 52.2. The number of unbranched alkanes of at least 4 members (excludes halogenated alkanes) is 32. The smallest absolute Gasteiger partial charge is 0.463 e. The Morgan fingerprint density at radius 2 is 0.514 bits per heavy atom. The summed E-state index contributed by atoms with van der Waals surface area (Å²) in [5.74, 6) is -1.59. The third kappa shape index (κ3) is 82.2. The largest absolute Gasteiger partial charge is 0.472 e. The molecule has 0 heterocycles. The van der Waals surface area contributed by atoms with Gasteiger partial charge in [-0.2, -0.15) is 0 Å². The van der Waals surface area contributed by atoms with Crippen molar-refractivity contribution in [3.8, 4) is 0 Å². The minimum absolute atomic E-state index is 0.0862. The van der Waals surface area contributed by atoms with Gasteiger partial charge in [-0.1, -0.05) is 327 Å². The minimum Gasteiger partial charge on any atom is -0.463 e. The Morgan fingerprint density at radius 3 is 0.822 bits per heavy atom. The summed E-state index contributed by atoms with van der Waals surface area (Å²) >= 11 is 0. The van der Waals surface area contributed by atoms with Gasteiger partial charge in [-0.05, 0) is 141 Å². The van der Waals surface area contributed by atoms with Crippen LogP contribution in [0.2, 0.25) is 0 Å². The number of allylic oxidation sites excluding steroid dienone is 24. The van der Waals surface area contributed by atoms with Gasteiger partial charge in [-0.15, -0.1) is 0 Å². The second kappa shape index (κ2) is 80.9. The van der Waals surface area contributed by atoms with Crippen LogP contribution in [-0.2, 0) is 55.8 Å². The maximum absolute atomic E-state index is 13.0. The molecule has 0 aliphatic rings. The van der Waals surface area contributed by atoms with Gasteiger partial charge in [0.05, 0.1) is 26.4 Å². The van der Waals surface area contributed by atoms with Crippen LogP contribution in [-0.4, -0.2) is 95.9 Å². The molecule has 16 nitrogen and oxygen atoms in total. The molecule has 0 radical (unpaired) electrons. The molecule has 0 spiro atoms. The van der Waals surface area contributed by atoms with Crippen LogP contribution >= 0.6 is 15.6 Å². The Morgan fingerprint density at radius 1 is 0.271 bits per heavy atom. The number of phosphoric ester groups is 2. The van der Waals surface area contributed by atoms with E-state index in [-0.39, 0.29) is 19.3 Å². The van der Waals surface area contributed by atoms with Crippen molar-refractivity contribution >= 4 is 33.6 Å². The molecule has 4 N–H and O–H groups in total. The summed E-state index contributed by atoms with van der Waals surface area (Å²) in [7, 11) is -9.80. The van der Waals surface area contributed by atoms with E-state index < -0.39 is 91.5 Å². The molecule has 0 aromatic carbocycles. The first-order valence-corrected chi connectivity index (χ1v) is 45.1. The van der Waals surface area contributed by atoms with Crippen molar-refractivity contribution < 1.29 is 75.8 Å². The Labute approximate surface area is 651 Å². The van der Waals surface area contributed by atoms with Crippen LogP contribution < -0.4 is 0 Å². The third-order valence-corrected chi connectivity index (χ3v) is 19.4. The lowest BCUT2D eigenvalue weighted by atomic mass is 10.0. The first kappa shape index (κ1) is 102. The van der Waals surface area contributed by atoms with Gasteiger partial charge in [0.2, 0.25) is 0 Å². The van der Waals surface area contributed by atoms with E-state index in [0.29, 0.717) is 19.3 Å². The second-order valence-corrected chi connectivity index (χ2v) is 30.8. The Kier molecular flexibility index (Phi) is 77.5. The molecule has 0 aromatic heterocycles.